The van der Waals surface area contributed by atoms with Crippen LogP contribution in [-0.2, 0) is 37.5 Å². The zero-order valence-corrected chi connectivity index (χ0v) is 20.1. The van der Waals surface area contributed by atoms with Crippen molar-refractivity contribution < 1.29 is 56.5 Å². The summed E-state index contributed by atoms with van der Waals surface area (Å²) in [6.07, 6.45) is 1.99. The molecular formula is C23H24N2O5Y-2. The molecule has 2 aromatic carbocycles. The summed E-state index contributed by atoms with van der Waals surface area (Å²) in [6.45, 7) is 7.16. The maximum Gasteiger partial charge on any atom is 0.262 e. The molecule has 3 aliphatic rings. The molecule has 0 saturated carbocycles. The Bertz CT molecular complexity index is 946. The first-order valence-corrected chi connectivity index (χ1v) is 10.3. The molecule has 2 aromatic rings. The van der Waals surface area contributed by atoms with Gasteiger partial charge in [0, 0.05) is 64.2 Å². The molecule has 3 heterocycles. The summed E-state index contributed by atoms with van der Waals surface area (Å²) in [6, 6.07) is 12.4. The van der Waals surface area contributed by atoms with Crippen LogP contribution in [0.4, 0.5) is 5.69 Å². The van der Waals surface area contributed by atoms with Crippen LogP contribution in [0.1, 0.15) is 18.4 Å². The second-order valence-corrected chi connectivity index (χ2v) is 7.84. The summed E-state index contributed by atoms with van der Waals surface area (Å²) in [5, 5.41) is 2.82. The second kappa shape index (κ2) is 9.67. The first-order valence-electron chi connectivity index (χ1n) is 10.3. The van der Waals surface area contributed by atoms with Crippen molar-refractivity contribution in [2.24, 2.45) is 0 Å². The summed E-state index contributed by atoms with van der Waals surface area (Å²) in [7, 11) is 0. The van der Waals surface area contributed by atoms with Crippen LogP contribution in [0.15, 0.2) is 30.3 Å². The van der Waals surface area contributed by atoms with Crippen LogP contribution in [0.2, 0.25) is 0 Å². The van der Waals surface area contributed by atoms with Crippen molar-refractivity contribution in [3.05, 3.63) is 48.9 Å². The summed E-state index contributed by atoms with van der Waals surface area (Å²) in [5.41, 5.74) is 1.46. The van der Waals surface area contributed by atoms with Crippen LogP contribution < -0.4 is 24.3 Å². The minimum Gasteiger partial charge on any atom is -0.508 e. The Morgan fingerprint density at radius 3 is 2.81 bits per heavy atom. The Balaban J connectivity index is 0.00000231. The molecule has 1 unspecified atom stereocenters. The molecule has 1 amide bonds. The maximum absolute atomic E-state index is 11.5. The SMILES string of the molecule is [CH2-]c1[c-]c2c(cc1)OCC(CN1CCC(Oc3ccc4c(c3)NC(=O)CO4)CC1)O2.[Y]. The van der Waals surface area contributed by atoms with Gasteiger partial charge in [-0.1, -0.05) is 0 Å². The third-order valence-corrected chi connectivity index (χ3v) is 5.53. The molecule has 1 radical (unpaired) electrons. The molecule has 3 aliphatic heterocycles. The number of ether oxygens (including phenoxy) is 4. The van der Waals surface area contributed by atoms with E-state index in [2.05, 4.69) is 23.2 Å². The van der Waals surface area contributed by atoms with Crippen LogP contribution in [0.3, 0.4) is 0 Å². The molecule has 0 aromatic heterocycles. The van der Waals surface area contributed by atoms with Gasteiger partial charge in [-0.25, -0.2) is 0 Å². The maximum atomic E-state index is 11.5. The number of amides is 1. The van der Waals surface area contributed by atoms with Gasteiger partial charge in [0.25, 0.3) is 5.91 Å². The van der Waals surface area contributed by atoms with Gasteiger partial charge >= 0.3 is 0 Å². The molecule has 0 bridgehead atoms. The van der Waals surface area contributed by atoms with Crippen LogP contribution in [-0.4, -0.2) is 55.9 Å². The number of anilines is 1. The minimum absolute atomic E-state index is 0. The molecule has 5 rings (SSSR count). The smallest absolute Gasteiger partial charge is 0.262 e. The van der Waals surface area contributed by atoms with Crippen LogP contribution >= 0.6 is 0 Å². The molecule has 1 fully saturated rings. The molecule has 1 saturated heterocycles. The quantitative estimate of drug-likeness (QED) is 0.656. The molecule has 7 nitrogen and oxygen atoms in total. The average Bonchev–Trinajstić information content (AvgIpc) is 2.74. The topological polar surface area (TPSA) is 69.3 Å². The van der Waals surface area contributed by atoms with E-state index in [1.54, 1.807) is 0 Å². The van der Waals surface area contributed by atoms with Crippen molar-refractivity contribution in [2.45, 2.75) is 25.0 Å². The van der Waals surface area contributed by atoms with Gasteiger partial charge in [0.05, 0.1) is 5.69 Å². The second-order valence-electron chi connectivity index (χ2n) is 7.84. The number of hydrogen-bond donors (Lipinski definition) is 1. The zero-order valence-electron chi connectivity index (χ0n) is 17.3. The largest absolute Gasteiger partial charge is 0.508 e. The van der Waals surface area contributed by atoms with Crippen molar-refractivity contribution in [3.63, 3.8) is 0 Å². The number of hydrogen-bond acceptors (Lipinski definition) is 6. The summed E-state index contributed by atoms with van der Waals surface area (Å²) >= 11 is 0. The van der Waals surface area contributed by atoms with Gasteiger partial charge in [-0.05, 0) is 25.0 Å². The van der Waals surface area contributed by atoms with Crippen molar-refractivity contribution in [1.82, 2.24) is 4.90 Å². The van der Waals surface area contributed by atoms with Crippen LogP contribution in [0, 0.1) is 13.0 Å². The fraction of sp³-hybridized carbons (Fsp3) is 0.391. The number of nitrogens with one attached hydrogen (secondary N) is 1. The Morgan fingerprint density at radius 2 is 1.97 bits per heavy atom. The molecular weight excluding hydrogens is 473 g/mol. The van der Waals surface area contributed by atoms with Crippen molar-refractivity contribution in [3.8, 4) is 23.0 Å². The molecule has 1 atom stereocenters. The summed E-state index contributed by atoms with van der Waals surface area (Å²) in [4.78, 5) is 13.9. The van der Waals surface area contributed by atoms with E-state index < -0.39 is 0 Å². The molecule has 161 valence electrons. The third-order valence-electron chi connectivity index (χ3n) is 5.53. The number of rotatable bonds is 4. The van der Waals surface area contributed by atoms with Gasteiger partial charge < -0.3 is 42.8 Å². The number of carbonyl (C=O) groups excluding carboxylic acids is 1. The van der Waals surface area contributed by atoms with Crippen LogP contribution in [0.25, 0.3) is 0 Å². The van der Waals surface area contributed by atoms with Crippen molar-refractivity contribution in [1.29, 1.82) is 0 Å². The average molecular weight is 497 g/mol. The van der Waals surface area contributed by atoms with Gasteiger partial charge in [-0.2, -0.15) is 0 Å². The first kappa shape index (κ1) is 22.2. The minimum atomic E-state index is -0.145. The van der Waals surface area contributed by atoms with E-state index in [1.165, 1.54) is 0 Å². The van der Waals surface area contributed by atoms with E-state index in [0.717, 1.165) is 49.5 Å². The molecule has 8 heteroatoms. The number of likely N-dealkylation sites (tertiary alicyclic amines) is 1. The number of fused-ring (bicyclic) bond motifs is 2. The predicted molar refractivity (Wildman–Crippen MR) is 110 cm³/mol. The standard InChI is InChI=1S/C23H24N2O5.Y/c1-15-2-4-21-22(10-15)30-18(13-27-21)12-25-8-6-16(7-9-25)29-17-3-5-20-19(11-17)24-23(26)14-28-20;/h2-5,11,16,18H,1,6-9,12-14H2,(H,24,26);/q-2;. The van der Waals surface area contributed by atoms with Gasteiger partial charge in [0.15, 0.2) is 6.61 Å². The number of carbonyl (C=O) groups is 1. The number of nitrogens with zero attached hydrogens (tertiary/aromatic N) is 1. The molecule has 31 heavy (non-hydrogen) atoms. The predicted octanol–water partition coefficient (Wildman–Crippen LogP) is 2.68. The van der Waals surface area contributed by atoms with Gasteiger partial charge in [-0.15, -0.1) is 6.07 Å². The summed E-state index contributed by atoms with van der Waals surface area (Å²) in [5.74, 6) is 2.67. The van der Waals surface area contributed by atoms with Gasteiger partial charge in [0.2, 0.25) is 0 Å². The fourth-order valence-corrected chi connectivity index (χ4v) is 4.00. The van der Waals surface area contributed by atoms with Gasteiger partial charge in [-0.3, -0.25) is 15.8 Å². The summed E-state index contributed by atoms with van der Waals surface area (Å²) < 4.78 is 23.4. The van der Waals surface area contributed by atoms with E-state index in [4.69, 9.17) is 18.9 Å². The van der Waals surface area contributed by atoms with Crippen molar-refractivity contribution >= 4 is 11.6 Å². The van der Waals surface area contributed by atoms with Gasteiger partial charge in [0.1, 0.15) is 36.1 Å². The fourth-order valence-electron chi connectivity index (χ4n) is 4.00. The number of piperidine rings is 1. The zero-order chi connectivity index (χ0) is 20.5. The molecule has 0 aliphatic carbocycles. The van der Waals surface area contributed by atoms with Crippen LogP contribution in [0.5, 0.6) is 23.0 Å². The van der Waals surface area contributed by atoms with E-state index in [-0.39, 0.29) is 57.4 Å². The Kier molecular flexibility index (Phi) is 6.94. The third kappa shape index (κ3) is 5.28. The Labute approximate surface area is 207 Å². The first-order chi connectivity index (χ1) is 14.6. The normalized spacial score (nSPS) is 20.6. The molecule has 1 N–H and O–H groups in total. The van der Waals surface area contributed by atoms with E-state index in [1.807, 2.05) is 30.3 Å². The van der Waals surface area contributed by atoms with E-state index >= 15 is 0 Å². The monoisotopic (exact) mass is 497 g/mol. The molecule has 0 spiro atoms. The van der Waals surface area contributed by atoms with E-state index in [9.17, 15) is 4.79 Å². The Hall–Kier alpha value is -1.96. The van der Waals surface area contributed by atoms with Crippen molar-refractivity contribution in [2.75, 3.05) is 38.2 Å². The number of benzene rings is 2. The van der Waals surface area contributed by atoms with E-state index in [0.29, 0.717) is 23.8 Å². The Morgan fingerprint density at radius 1 is 1.16 bits per heavy atom.